The zero-order chi connectivity index (χ0) is 20.0. The highest BCUT2D eigenvalue weighted by Crippen LogP contribution is 2.23. The Kier molecular flexibility index (Phi) is 6.14. The Balaban J connectivity index is 1.50. The molecule has 1 aromatic carbocycles. The van der Waals surface area contributed by atoms with Gasteiger partial charge in [-0.3, -0.25) is 0 Å². The summed E-state index contributed by atoms with van der Waals surface area (Å²) in [5, 5.41) is 5.11. The minimum Gasteiger partial charge on any atom is -0.406 e. The van der Waals surface area contributed by atoms with Crippen LogP contribution in [0.3, 0.4) is 0 Å². The van der Waals surface area contributed by atoms with E-state index in [1.165, 1.54) is 12.1 Å². The third-order valence-corrected chi connectivity index (χ3v) is 3.78. The molecule has 28 heavy (non-hydrogen) atoms. The van der Waals surface area contributed by atoms with Gasteiger partial charge in [0.2, 0.25) is 0 Å². The van der Waals surface area contributed by atoms with E-state index in [0.29, 0.717) is 24.7 Å². The fourth-order valence-electron chi connectivity index (χ4n) is 2.52. The molecule has 0 spiro atoms. The second-order valence-electron chi connectivity index (χ2n) is 5.81. The Morgan fingerprint density at radius 3 is 2.57 bits per heavy atom. The maximum atomic E-state index is 12.1. The maximum Gasteiger partial charge on any atom is 0.573 e. The third kappa shape index (κ3) is 5.98. The van der Waals surface area contributed by atoms with Gasteiger partial charge in [0.05, 0.1) is 19.8 Å². The van der Waals surface area contributed by atoms with Gasteiger partial charge >= 0.3 is 12.4 Å². The van der Waals surface area contributed by atoms with E-state index in [2.05, 4.69) is 30.2 Å². The number of ether oxygens (including phenoxy) is 2. The molecule has 1 aliphatic heterocycles. The van der Waals surface area contributed by atoms with Gasteiger partial charge in [0, 0.05) is 25.0 Å². The van der Waals surface area contributed by atoms with E-state index in [0.717, 1.165) is 31.0 Å². The van der Waals surface area contributed by atoms with Gasteiger partial charge in [-0.1, -0.05) is 0 Å². The Morgan fingerprint density at radius 2 is 1.89 bits per heavy atom. The molecule has 0 aliphatic carbocycles. The number of carbonyl (C=O) groups excluding carboxylic acids is 1. The van der Waals surface area contributed by atoms with Gasteiger partial charge in [-0.05, 0) is 30.3 Å². The van der Waals surface area contributed by atoms with Crippen molar-refractivity contribution in [2.75, 3.05) is 36.5 Å². The van der Waals surface area contributed by atoms with Crippen LogP contribution in [-0.2, 0) is 11.3 Å². The first-order valence-electron chi connectivity index (χ1n) is 8.44. The SMILES string of the molecule is O=C(NCc1nccc(N2CCOCC2)n1)Nc1ccc(OC(F)(F)F)cc1. The first kappa shape index (κ1) is 19.7. The number of morpholine rings is 1. The summed E-state index contributed by atoms with van der Waals surface area (Å²) in [6.07, 6.45) is -3.14. The van der Waals surface area contributed by atoms with Gasteiger partial charge in [0.15, 0.2) is 0 Å². The van der Waals surface area contributed by atoms with E-state index < -0.39 is 12.4 Å². The van der Waals surface area contributed by atoms with Crippen molar-refractivity contribution in [2.45, 2.75) is 12.9 Å². The zero-order valence-corrected chi connectivity index (χ0v) is 14.7. The van der Waals surface area contributed by atoms with Gasteiger partial charge < -0.3 is 25.0 Å². The standard InChI is InChI=1S/C17H18F3N5O3/c18-17(19,20)28-13-3-1-12(2-4-13)23-16(26)22-11-14-21-6-5-15(24-14)25-7-9-27-10-8-25/h1-6H,7-11H2,(H2,22,23,26). The summed E-state index contributed by atoms with van der Waals surface area (Å²) in [4.78, 5) is 22.6. The van der Waals surface area contributed by atoms with E-state index in [-0.39, 0.29) is 12.3 Å². The molecule has 0 saturated carbocycles. The molecular formula is C17H18F3N5O3. The predicted octanol–water partition coefficient (Wildman–Crippen LogP) is 2.53. The number of amides is 2. The molecule has 1 aromatic heterocycles. The summed E-state index contributed by atoms with van der Waals surface area (Å²) in [5.41, 5.74) is 0.315. The molecule has 0 atom stereocenters. The van der Waals surface area contributed by atoms with E-state index in [4.69, 9.17) is 4.74 Å². The number of nitrogens with zero attached hydrogens (tertiary/aromatic N) is 3. The Morgan fingerprint density at radius 1 is 1.18 bits per heavy atom. The van der Waals surface area contributed by atoms with E-state index in [1.54, 1.807) is 12.3 Å². The topological polar surface area (TPSA) is 88.6 Å². The fourth-order valence-corrected chi connectivity index (χ4v) is 2.52. The molecule has 0 radical (unpaired) electrons. The van der Waals surface area contributed by atoms with Gasteiger partial charge in [0.1, 0.15) is 17.4 Å². The summed E-state index contributed by atoms with van der Waals surface area (Å²) >= 11 is 0. The summed E-state index contributed by atoms with van der Waals surface area (Å²) in [6, 6.07) is 6.08. The molecule has 8 nitrogen and oxygen atoms in total. The van der Waals surface area contributed by atoms with Crippen LogP contribution in [-0.4, -0.2) is 48.7 Å². The molecular weight excluding hydrogens is 379 g/mol. The van der Waals surface area contributed by atoms with Crippen LogP contribution >= 0.6 is 0 Å². The highest BCUT2D eigenvalue weighted by Gasteiger charge is 2.30. The van der Waals surface area contributed by atoms with Crippen molar-refractivity contribution in [3.05, 3.63) is 42.4 Å². The van der Waals surface area contributed by atoms with Crippen LogP contribution in [0.2, 0.25) is 0 Å². The number of benzene rings is 1. The van der Waals surface area contributed by atoms with E-state index in [9.17, 15) is 18.0 Å². The largest absolute Gasteiger partial charge is 0.573 e. The molecule has 1 fully saturated rings. The third-order valence-electron chi connectivity index (χ3n) is 3.78. The number of hydrogen-bond donors (Lipinski definition) is 2. The van der Waals surface area contributed by atoms with Gasteiger partial charge in [-0.15, -0.1) is 13.2 Å². The van der Waals surface area contributed by atoms with Crippen LogP contribution < -0.4 is 20.3 Å². The highest BCUT2D eigenvalue weighted by molar-refractivity contribution is 5.89. The van der Waals surface area contributed by atoms with Crippen LogP contribution in [0, 0.1) is 0 Å². The molecule has 11 heteroatoms. The van der Waals surface area contributed by atoms with Crippen LogP contribution in [0.25, 0.3) is 0 Å². The normalized spacial score (nSPS) is 14.5. The highest BCUT2D eigenvalue weighted by atomic mass is 19.4. The predicted molar refractivity (Wildman–Crippen MR) is 94.0 cm³/mol. The van der Waals surface area contributed by atoms with Crippen molar-refractivity contribution < 1.29 is 27.4 Å². The summed E-state index contributed by atoms with van der Waals surface area (Å²) < 4.78 is 45.5. The number of carbonyl (C=O) groups is 1. The smallest absolute Gasteiger partial charge is 0.406 e. The summed E-state index contributed by atoms with van der Waals surface area (Å²) in [7, 11) is 0. The van der Waals surface area contributed by atoms with Crippen LogP contribution in [0.5, 0.6) is 5.75 Å². The lowest BCUT2D eigenvalue weighted by Crippen LogP contribution is -2.37. The second-order valence-corrected chi connectivity index (χ2v) is 5.81. The van der Waals surface area contributed by atoms with Crippen molar-refractivity contribution in [1.82, 2.24) is 15.3 Å². The van der Waals surface area contributed by atoms with Crippen LogP contribution in [0.15, 0.2) is 36.5 Å². The summed E-state index contributed by atoms with van der Waals surface area (Å²) in [6.45, 7) is 2.83. The zero-order valence-electron chi connectivity index (χ0n) is 14.7. The van der Waals surface area contributed by atoms with Gasteiger partial charge in [-0.2, -0.15) is 0 Å². The Hall–Kier alpha value is -3.08. The van der Waals surface area contributed by atoms with Gasteiger partial charge in [0.25, 0.3) is 0 Å². The number of anilines is 2. The first-order valence-corrected chi connectivity index (χ1v) is 8.44. The second kappa shape index (κ2) is 8.74. The quantitative estimate of drug-likeness (QED) is 0.806. The van der Waals surface area contributed by atoms with Crippen molar-refractivity contribution in [3.63, 3.8) is 0 Å². The van der Waals surface area contributed by atoms with Gasteiger partial charge in [-0.25, -0.2) is 14.8 Å². The molecule has 0 bridgehead atoms. The fraction of sp³-hybridized carbons (Fsp3) is 0.353. The number of urea groups is 1. The molecule has 3 rings (SSSR count). The van der Waals surface area contributed by atoms with Crippen LogP contribution in [0.4, 0.5) is 29.5 Å². The minimum absolute atomic E-state index is 0.0965. The number of aromatic nitrogens is 2. The summed E-state index contributed by atoms with van der Waals surface area (Å²) in [5.74, 6) is 0.829. The van der Waals surface area contributed by atoms with Crippen molar-refractivity contribution in [2.24, 2.45) is 0 Å². The monoisotopic (exact) mass is 397 g/mol. The molecule has 0 unspecified atom stereocenters. The number of hydrogen-bond acceptors (Lipinski definition) is 6. The van der Waals surface area contributed by atoms with E-state index in [1.807, 2.05) is 0 Å². The molecule has 1 aliphatic rings. The molecule has 150 valence electrons. The Bertz CT molecular complexity index is 795. The molecule has 2 heterocycles. The molecule has 2 aromatic rings. The number of rotatable bonds is 5. The first-order chi connectivity index (χ1) is 13.4. The lowest BCUT2D eigenvalue weighted by Gasteiger charge is -2.27. The molecule has 2 N–H and O–H groups in total. The van der Waals surface area contributed by atoms with Crippen molar-refractivity contribution >= 4 is 17.5 Å². The average molecular weight is 397 g/mol. The van der Waals surface area contributed by atoms with Crippen LogP contribution in [0.1, 0.15) is 5.82 Å². The number of alkyl halides is 3. The molecule has 2 amide bonds. The van der Waals surface area contributed by atoms with Crippen molar-refractivity contribution in [3.8, 4) is 5.75 Å². The lowest BCUT2D eigenvalue weighted by atomic mass is 10.3. The maximum absolute atomic E-state index is 12.1. The van der Waals surface area contributed by atoms with E-state index >= 15 is 0 Å². The number of halogens is 3. The van der Waals surface area contributed by atoms with Crippen molar-refractivity contribution in [1.29, 1.82) is 0 Å². The average Bonchev–Trinajstić information content (AvgIpc) is 2.68. The number of nitrogens with one attached hydrogen (secondary N) is 2. The lowest BCUT2D eigenvalue weighted by molar-refractivity contribution is -0.274. The minimum atomic E-state index is -4.76. The Labute approximate surface area is 158 Å². The molecule has 1 saturated heterocycles.